The maximum absolute atomic E-state index is 6.09. The highest BCUT2D eigenvalue weighted by molar-refractivity contribution is 6.89. The molecule has 0 aromatic rings. The quantitative estimate of drug-likeness (QED) is 0.426. The van der Waals surface area contributed by atoms with Crippen LogP contribution in [-0.2, 0) is 32.9 Å². The van der Waals surface area contributed by atoms with Gasteiger partial charge in [-0.25, -0.2) is 0 Å². The highest BCUT2D eigenvalue weighted by Crippen LogP contribution is 2.26. The van der Waals surface area contributed by atoms with Crippen LogP contribution in [0.2, 0.25) is 85.1 Å². The first-order valence-corrected chi connectivity index (χ1v) is 30.2. The van der Waals surface area contributed by atoms with Crippen molar-refractivity contribution in [1.82, 2.24) is 0 Å². The minimum atomic E-state index is -2.08. The molecule has 8 nitrogen and oxygen atoms in total. The Bertz CT molecular complexity index is 515. The number of hydrogen-bond donors (Lipinski definition) is 0. The van der Waals surface area contributed by atoms with Gasteiger partial charge in [0.2, 0.25) is 0 Å². The van der Waals surface area contributed by atoms with Crippen LogP contribution in [0.25, 0.3) is 0 Å². The van der Waals surface area contributed by atoms with Crippen LogP contribution in [0, 0.1) is 0 Å². The first kappa shape index (κ1) is 28.4. The van der Waals surface area contributed by atoms with Crippen molar-refractivity contribution in [2.45, 2.75) is 85.1 Å². The standard InChI is InChI=1S/C7H22O4Si4.C6H20O4Si4/c1-12-8-13(2,3)10-15(6,7)11-14(4,5)9-12;1-12(2)7-11-8-13(3,4)10-14(5,6)9-12/h12H,1-7H3;11H2,1-6H3. The molecule has 2 fully saturated rings. The molecule has 0 N–H and O–H groups in total. The zero-order valence-electron chi connectivity index (χ0n) is 20.6. The Kier molecular flexibility index (Phi) is 9.54. The van der Waals surface area contributed by atoms with Crippen LogP contribution in [-0.4, -0.2) is 70.7 Å². The Balaban J connectivity index is 0.000000291. The lowest BCUT2D eigenvalue weighted by molar-refractivity contribution is 0.251. The molecule has 0 bridgehead atoms. The molecule has 0 aliphatic carbocycles. The molecule has 0 unspecified atom stereocenters. The second kappa shape index (κ2) is 9.73. The summed E-state index contributed by atoms with van der Waals surface area (Å²) in [6.07, 6.45) is 0. The summed E-state index contributed by atoms with van der Waals surface area (Å²) >= 11 is 0. The first-order valence-electron chi connectivity index (χ1n) is 10.1. The van der Waals surface area contributed by atoms with Crippen LogP contribution >= 0.6 is 0 Å². The fourth-order valence-corrected chi connectivity index (χ4v) is 36.5. The first-order chi connectivity index (χ1) is 12.6. The summed E-state index contributed by atoms with van der Waals surface area (Å²) < 4.78 is 47.7. The minimum absolute atomic E-state index is 0.910. The molecule has 2 saturated heterocycles. The van der Waals surface area contributed by atoms with E-state index in [1.54, 1.807) is 0 Å². The molecule has 0 radical (unpaired) electrons. The highest BCUT2D eigenvalue weighted by Gasteiger charge is 2.46. The van der Waals surface area contributed by atoms with Gasteiger partial charge in [-0.15, -0.1) is 0 Å². The molecule has 29 heavy (non-hydrogen) atoms. The average Bonchev–Trinajstić information content (AvgIpc) is 2.26. The number of hydrogen-bond acceptors (Lipinski definition) is 8. The van der Waals surface area contributed by atoms with E-state index in [1.807, 2.05) is 0 Å². The summed E-state index contributed by atoms with van der Waals surface area (Å²) in [4.78, 5) is 0. The average molecular weight is 551 g/mol. The highest BCUT2D eigenvalue weighted by atomic mass is 28.5. The van der Waals surface area contributed by atoms with Crippen molar-refractivity contribution in [3.05, 3.63) is 0 Å². The molecule has 0 atom stereocenters. The SMILES string of the molecule is C[SiH]1O[Si](C)(C)O[Si](C)(C)O[Si](C)(C)O1.C[Si]1(C)O[SiH2]O[Si](C)(C)O[Si](C)(C)O1. The van der Waals surface area contributed by atoms with E-state index in [1.165, 1.54) is 0 Å². The predicted octanol–water partition coefficient (Wildman–Crippen LogP) is 3.19. The largest absolute Gasteiger partial charge is 0.420 e. The van der Waals surface area contributed by atoms with Gasteiger partial charge in [0.15, 0.2) is 0 Å². The molecule has 16 heteroatoms. The molecule has 0 aromatic carbocycles. The molecule has 2 aliphatic heterocycles. The fraction of sp³-hybridized carbons (Fsp3) is 1.00. The van der Waals surface area contributed by atoms with Crippen LogP contribution in [0.15, 0.2) is 0 Å². The van der Waals surface area contributed by atoms with Crippen molar-refractivity contribution in [2.24, 2.45) is 0 Å². The summed E-state index contributed by atoms with van der Waals surface area (Å²) in [6.45, 7) is 26.8. The van der Waals surface area contributed by atoms with Gasteiger partial charge in [-0.3, -0.25) is 0 Å². The van der Waals surface area contributed by atoms with Gasteiger partial charge >= 0.3 is 60.6 Å². The maximum atomic E-state index is 6.09. The van der Waals surface area contributed by atoms with Crippen LogP contribution in [0.1, 0.15) is 0 Å². The molecule has 0 amide bonds. The van der Waals surface area contributed by atoms with Gasteiger partial charge in [-0.1, -0.05) is 0 Å². The van der Waals surface area contributed by atoms with Gasteiger partial charge in [0.05, 0.1) is 0 Å². The second-order valence-corrected chi connectivity index (χ2v) is 35.6. The Labute approximate surface area is 188 Å². The van der Waals surface area contributed by atoms with Crippen molar-refractivity contribution in [3.63, 3.8) is 0 Å². The normalized spacial score (nSPS) is 30.5. The summed E-state index contributed by atoms with van der Waals surface area (Å²) in [5, 5.41) is 0. The van der Waals surface area contributed by atoms with E-state index in [-0.39, 0.29) is 0 Å². The van der Waals surface area contributed by atoms with Gasteiger partial charge in [0, 0.05) is 0 Å². The molecule has 2 aliphatic rings. The zero-order chi connectivity index (χ0) is 22.9. The number of rotatable bonds is 0. The third-order valence-electron chi connectivity index (χ3n) is 3.68. The van der Waals surface area contributed by atoms with E-state index in [0.717, 1.165) is 0 Å². The maximum Gasteiger partial charge on any atom is 0.314 e. The Morgan fingerprint density at radius 1 is 0.448 bits per heavy atom. The topological polar surface area (TPSA) is 73.8 Å². The van der Waals surface area contributed by atoms with Gasteiger partial charge in [-0.05, 0) is 85.1 Å². The predicted molar refractivity (Wildman–Crippen MR) is 135 cm³/mol. The third kappa shape index (κ3) is 11.7. The Morgan fingerprint density at radius 3 is 1.03 bits per heavy atom. The third-order valence-corrected chi connectivity index (χ3v) is 33.1. The molecule has 2 heterocycles. The van der Waals surface area contributed by atoms with Crippen molar-refractivity contribution in [1.29, 1.82) is 0 Å². The summed E-state index contributed by atoms with van der Waals surface area (Å²) in [5.74, 6) is 0. The van der Waals surface area contributed by atoms with E-state index < -0.39 is 70.7 Å². The lowest BCUT2D eigenvalue weighted by atomic mass is 11.9. The molecule has 0 spiro atoms. The zero-order valence-corrected chi connectivity index (χ0v) is 29.1. The molecule has 0 saturated carbocycles. The lowest BCUT2D eigenvalue weighted by Crippen LogP contribution is -2.60. The van der Waals surface area contributed by atoms with Gasteiger partial charge < -0.3 is 32.9 Å². The smallest absolute Gasteiger partial charge is 0.314 e. The lowest BCUT2D eigenvalue weighted by Gasteiger charge is -2.43. The van der Waals surface area contributed by atoms with Crippen molar-refractivity contribution in [2.75, 3.05) is 0 Å². The van der Waals surface area contributed by atoms with E-state index >= 15 is 0 Å². The van der Waals surface area contributed by atoms with Crippen LogP contribution in [0.5, 0.6) is 0 Å². The molecular weight excluding hydrogens is 509 g/mol. The van der Waals surface area contributed by atoms with Crippen LogP contribution in [0.4, 0.5) is 0 Å². The van der Waals surface area contributed by atoms with Crippen molar-refractivity contribution < 1.29 is 32.9 Å². The Hall–Kier alpha value is 1.42. The van der Waals surface area contributed by atoms with E-state index in [4.69, 9.17) is 32.9 Å². The summed E-state index contributed by atoms with van der Waals surface area (Å²) in [5.41, 5.74) is 0. The van der Waals surface area contributed by atoms with Crippen LogP contribution in [0.3, 0.4) is 0 Å². The second-order valence-electron chi connectivity index (χ2n) is 10.0. The van der Waals surface area contributed by atoms with Crippen molar-refractivity contribution >= 4 is 70.7 Å². The van der Waals surface area contributed by atoms with Crippen LogP contribution < -0.4 is 0 Å². The summed E-state index contributed by atoms with van der Waals surface area (Å²) in [7, 11) is -14.6. The van der Waals surface area contributed by atoms with E-state index in [2.05, 4.69) is 85.1 Å². The van der Waals surface area contributed by atoms with E-state index in [9.17, 15) is 0 Å². The Morgan fingerprint density at radius 2 is 0.724 bits per heavy atom. The van der Waals surface area contributed by atoms with Gasteiger partial charge in [0.1, 0.15) is 0 Å². The monoisotopic (exact) mass is 550 g/mol. The van der Waals surface area contributed by atoms with Gasteiger partial charge in [-0.2, -0.15) is 0 Å². The van der Waals surface area contributed by atoms with Gasteiger partial charge in [0.25, 0.3) is 10.0 Å². The molecule has 2 rings (SSSR count). The fourth-order valence-electron chi connectivity index (χ4n) is 3.65. The molecule has 174 valence electrons. The molecular formula is C13H42O8Si8. The summed E-state index contributed by atoms with van der Waals surface area (Å²) in [6, 6.07) is 0. The van der Waals surface area contributed by atoms with Crippen molar-refractivity contribution in [3.8, 4) is 0 Å². The minimum Gasteiger partial charge on any atom is -0.420 e. The molecule has 0 aromatic heterocycles. The van der Waals surface area contributed by atoms with E-state index in [0.29, 0.717) is 0 Å².